The topological polar surface area (TPSA) is 66.5 Å². The molecule has 1 amide bonds. The van der Waals surface area contributed by atoms with Crippen molar-refractivity contribution >= 4 is 38.1 Å². The number of anilines is 2. The van der Waals surface area contributed by atoms with Gasteiger partial charge in [-0.1, -0.05) is 54.6 Å². The van der Waals surface area contributed by atoms with Crippen molar-refractivity contribution in [3.63, 3.8) is 0 Å². The number of hydrogen-bond acceptors (Lipinski definition) is 3. The number of amides is 1. The highest BCUT2D eigenvalue weighted by Crippen LogP contribution is 2.42. The molecule has 4 aromatic carbocycles. The molecule has 0 bridgehead atoms. The third-order valence-electron chi connectivity index (χ3n) is 6.05. The van der Waals surface area contributed by atoms with Crippen molar-refractivity contribution in [2.75, 3.05) is 16.2 Å². The van der Waals surface area contributed by atoms with Gasteiger partial charge in [0.1, 0.15) is 6.54 Å². The van der Waals surface area contributed by atoms with Gasteiger partial charge in [0.25, 0.3) is 10.0 Å². The third-order valence-corrected chi connectivity index (χ3v) is 7.85. The fraction of sp³-hybridized carbons (Fsp3) is 0.0800. The first-order valence-corrected chi connectivity index (χ1v) is 11.5. The minimum atomic E-state index is -3.76. The number of carbonyl (C=O) groups excluding carboxylic acids is 1. The van der Waals surface area contributed by atoms with Crippen molar-refractivity contribution in [3.05, 3.63) is 90.0 Å². The lowest BCUT2D eigenvalue weighted by molar-refractivity contribution is -0.114. The lowest BCUT2D eigenvalue weighted by Crippen LogP contribution is -2.35. The molecular weight excluding hydrogens is 408 g/mol. The molecule has 0 saturated heterocycles. The van der Waals surface area contributed by atoms with Crippen LogP contribution in [0.4, 0.5) is 11.4 Å². The van der Waals surface area contributed by atoms with Gasteiger partial charge in [0.2, 0.25) is 5.91 Å². The van der Waals surface area contributed by atoms with Crippen molar-refractivity contribution in [1.82, 2.24) is 0 Å². The lowest BCUT2D eigenvalue weighted by Gasteiger charge is -2.18. The van der Waals surface area contributed by atoms with Crippen molar-refractivity contribution in [1.29, 1.82) is 0 Å². The average molecular weight is 426 g/mol. The molecule has 0 fully saturated rings. The van der Waals surface area contributed by atoms with Gasteiger partial charge in [0.05, 0.1) is 10.6 Å². The van der Waals surface area contributed by atoms with E-state index in [9.17, 15) is 13.2 Å². The van der Waals surface area contributed by atoms with E-state index in [0.29, 0.717) is 16.8 Å². The first kappa shape index (κ1) is 18.2. The van der Waals surface area contributed by atoms with Crippen LogP contribution in [0.15, 0.2) is 83.8 Å². The van der Waals surface area contributed by atoms with Gasteiger partial charge in [-0.25, -0.2) is 8.42 Å². The monoisotopic (exact) mass is 426 g/mol. The van der Waals surface area contributed by atoms with Crippen LogP contribution < -0.4 is 9.62 Å². The highest BCUT2D eigenvalue weighted by Gasteiger charge is 2.36. The van der Waals surface area contributed by atoms with E-state index in [0.717, 1.165) is 17.4 Å². The molecule has 4 aromatic rings. The molecule has 2 aliphatic rings. The van der Waals surface area contributed by atoms with Crippen LogP contribution in [0, 0.1) is 0 Å². The van der Waals surface area contributed by atoms with Crippen LogP contribution in [0.1, 0.15) is 11.1 Å². The zero-order valence-corrected chi connectivity index (χ0v) is 17.3. The molecular formula is C25H18N2O3S. The van der Waals surface area contributed by atoms with Crippen LogP contribution in [0.5, 0.6) is 0 Å². The number of nitrogens with one attached hydrogen (secondary N) is 1. The molecule has 1 aliphatic carbocycles. The summed E-state index contributed by atoms with van der Waals surface area (Å²) in [7, 11) is -3.76. The van der Waals surface area contributed by atoms with E-state index in [1.165, 1.54) is 21.0 Å². The summed E-state index contributed by atoms with van der Waals surface area (Å²) < 4.78 is 27.4. The van der Waals surface area contributed by atoms with Gasteiger partial charge < -0.3 is 5.32 Å². The predicted octanol–water partition coefficient (Wildman–Crippen LogP) is 4.56. The maximum absolute atomic E-state index is 13.1. The molecule has 6 rings (SSSR count). The molecule has 1 N–H and O–H groups in total. The largest absolute Gasteiger partial charge is 0.325 e. The van der Waals surface area contributed by atoms with E-state index in [-0.39, 0.29) is 17.3 Å². The number of fused-ring (bicyclic) bond motifs is 3. The molecule has 1 aliphatic heterocycles. The van der Waals surface area contributed by atoms with E-state index in [1.807, 2.05) is 48.5 Å². The molecule has 1 heterocycles. The highest BCUT2D eigenvalue weighted by molar-refractivity contribution is 7.93. The molecule has 0 spiro atoms. The number of carbonyl (C=O) groups is 1. The number of hydrogen-bond donors (Lipinski definition) is 1. The fourth-order valence-electron chi connectivity index (χ4n) is 4.68. The molecule has 0 unspecified atom stereocenters. The summed E-state index contributed by atoms with van der Waals surface area (Å²) in [6.45, 7) is -0.270. The summed E-state index contributed by atoms with van der Waals surface area (Å²) in [6, 6.07) is 24.8. The zero-order chi connectivity index (χ0) is 21.2. The average Bonchev–Trinajstić information content (AvgIpc) is 3.23. The highest BCUT2D eigenvalue weighted by atomic mass is 32.2. The van der Waals surface area contributed by atoms with Crippen LogP contribution in [-0.2, 0) is 21.2 Å². The maximum atomic E-state index is 13.1. The van der Waals surface area contributed by atoms with Crippen LogP contribution in [-0.4, -0.2) is 20.9 Å². The number of benzene rings is 4. The minimum absolute atomic E-state index is 0.253. The maximum Gasteiger partial charge on any atom is 0.265 e. The van der Waals surface area contributed by atoms with Crippen molar-refractivity contribution in [3.8, 4) is 11.1 Å². The Morgan fingerprint density at radius 3 is 2.52 bits per heavy atom. The summed E-state index contributed by atoms with van der Waals surface area (Å²) in [5.41, 5.74) is 6.05. The van der Waals surface area contributed by atoms with Crippen molar-refractivity contribution in [2.24, 2.45) is 0 Å². The molecule has 0 atom stereocenters. The van der Waals surface area contributed by atoms with Crippen LogP contribution in [0.25, 0.3) is 21.9 Å². The van der Waals surface area contributed by atoms with Crippen molar-refractivity contribution < 1.29 is 13.2 Å². The Morgan fingerprint density at radius 1 is 0.871 bits per heavy atom. The third kappa shape index (κ3) is 2.68. The molecule has 6 heteroatoms. The van der Waals surface area contributed by atoms with Gasteiger partial charge in [-0.3, -0.25) is 9.10 Å². The quantitative estimate of drug-likeness (QED) is 0.460. The minimum Gasteiger partial charge on any atom is -0.325 e. The van der Waals surface area contributed by atoms with Gasteiger partial charge in [-0.15, -0.1) is 0 Å². The molecule has 0 saturated carbocycles. The first-order valence-electron chi connectivity index (χ1n) is 10.1. The zero-order valence-electron chi connectivity index (χ0n) is 16.5. The van der Waals surface area contributed by atoms with Crippen LogP contribution in [0.3, 0.4) is 0 Å². The van der Waals surface area contributed by atoms with Gasteiger partial charge in [-0.05, 0) is 58.3 Å². The Kier molecular flexibility index (Phi) is 3.76. The fourth-order valence-corrected chi connectivity index (χ4v) is 6.35. The summed E-state index contributed by atoms with van der Waals surface area (Å²) in [5.74, 6) is -0.371. The number of nitrogens with zero attached hydrogens (tertiary/aromatic N) is 1. The Balaban J connectivity index is 1.27. The second-order valence-corrected chi connectivity index (χ2v) is 9.73. The molecule has 31 heavy (non-hydrogen) atoms. The van der Waals surface area contributed by atoms with E-state index >= 15 is 0 Å². The molecule has 0 radical (unpaired) electrons. The Labute approximate surface area is 180 Å². The Bertz CT molecular complexity index is 1500. The normalized spacial score (nSPS) is 15.0. The Hall–Kier alpha value is -3.64. The van der Waals surface area contributed by atoms with E-state index < -0.39 is 10.0 Å². The van der Waals surface area contributed by atoms with Gasteiger partial charge >= 0.3 is 0 Å². The van der Waals surface area contributed by atoms with Gasteiger partial charge in [0.15, 0.2) is 0 Å². The summed E-state index contributed by atoms with van der Waals surface area (Å²) >= 11 is 0. The molecule has 5 nitrogen and oxygen atoms in total. The SMILES string of the molecule is O=C(CN1c2cccc3cccc(c23)S1(=O)=O)Nc1ccc2c(c1)Cc1ccccc1-2. The van der Waals surface area contributed by atoms with Crippen LogP contribution in [0.2, 0.25) is 0 Å². The van der Waals surface area contributed by atoms with Crippen molar-refractivity contribution in [2.45, 2.75) is 11.3 Å². The lowest BCUT2D eigenvalue weighted by atomic mass is 10.1. The second kappa shape index (κ2) is 6.43. The van der Waals surface area contributed by atoms with E-state index in [4.69, 9.17) is 0 Å². The predicted molar refractivity (Wildman–Crippen MR) is 122 cm³/mol. The van der Waals surface area contributed by atoms with Gasteiger partial charge in [0, 0.05) is 11.1 Å². The summed E-state index contributed by atoms with van der Waals surface area (Å²) in [5, 5.41) is 4.40. The molecule has 152 valence electrons. The van der Waals surface area contributed by atoms with Gasteiger partial charge in [-0.2, -0.15) is 0 Å². The number of sulfonamides is 1. The van der Waals surface area contributed by atoms with Crippen LogP contribution >= 0.6 is 0 Å². The second-order valence-electron chi connectivity index (χ2n) is 7.90. The number of rotatable bonds is 3. The standard InChI is InChI=1S/C25H18N2O3S/c28-24(26-19-11-12-21-18(14-19)13-17-5-1-2-8-20(17)21)15-27-22-9-3-6-16-7-4-10-23(25(16)22)31(27,29)30/h1-12,14H,13,15H2,(H,26,28). The molecule has 0 aromatic heterocycles. The Morgan fingerprint density at radius 2 is 1.65 bits per heavy atom. The van der Waals surface area contributed by atoms with E-state index in [2.05, 4.69) is 17.4 Å². The summed E-state index contributed by atoms with van der Waals surface area (Å²) in [4.78, 5) is 13.1. The first-order chi connectivity index (χ1) is 15.0. The summed E-state index contributed by atoms with van der Waals surface area (Å²) in [6.07, 6.45) is 0.826. The smallest absolute Gasteiger partial charge is 0.265 e. The van der Waals surface area contributed by atoms with E-state index in [1.54, 1.807) is 18.2 Å².